The highest BCUT2D eigenvalue weighted by Gasteiger charge is 2.07. The quantitative estimate of drug-likeness (QED) is 0.512. The summed E-state index contributed by atoms with van der Waals surface area (Å²) >= 11 is 4.97. The number of rotatable bonds is 3. The fourth-order valence-corrected chi connectivity index (χ4v) is 1.85. The summed E-state index contributed by atoms with van der Waals surface area (Å²) < 4.78 is 39.9. The van der Waals surface area contributed by atoms with Gasteiger partial charge in [-0.3, -0.25) is 5.43 Å². The lowest BCUT2D eigenvalue weighted by Gasteiger charge is -2.09. The first-order valence-electron chi connectivity index (χ1n) is 6.28. The van der Waals surface area contributed by atoms with Crippen molar-refractivity contribution in [3.63, 3.8) is 0 Å². The first-order valence-corrected chi connectivity index (χ1v) is 6.69. The van der Waals surface area contributed by atoms with E-state index in [1.165, 1.54) is 25.1 Å². The predicted octanol–water partition coefficient (Wildman–Crippen LogP) is 3.81. The van der Waals surface area contributed by atoms with Gasteiger partial charge in [-0.05, 0) is 43.4 Å². The topological polar surface area (TPSA) is 36.4 Å². The van der Waals surface area contributed by atoms with Gasteiger partial charge in [-0.15, -0.1) is 0 Å². The molecule has 2 aromatic carbocycles. The number of hydrogen-bond acceptors (Lipinski definition) is 2. The molecule has 0 aromatic heterocycles. The molecule has 7 heteroatoms. The Morgan fingerprint density at radius 2 is 1.77 bits per heavy atom. The van der Waals surface area contributed by atoms with Gasteiger partial charge in [-0.1, -0.05) is 12.1 Å². The van der Waals surface area contributed by atoms with Crippen LogP contribution in [0.25, 0.3) is 0 Å². The number of hydrogen-bond donors (Lipinski definition) is 2. The van der Waals surface area contributed by atoms with Crippen LogP contribution in [0.2, 0.25) is 0 Å². The second kappa shape index (κ2) is 7.04. The summed E-state index contributed by atoms with van der Waals surface area (Å²) in [5, 5.41) is 6.56. The monoisotopic (exact) mass is 323 g/mol. The lowest BCUT2D eigenvalue weighted by molar-refractivity contribution is 0.581. The predicted molar refractivity (Wildman–Crippen MR) is 84.3 cm³/mol. The molecule has 2 aromatic rings. The molecule has 2 rings (SSSR count). The molecule has 0 bridgehead atoms. The Balaban J connectivity index is 2.04. The molecule has 0 unspecified atom stereocenters. The first kappa shape index (κ1) is 16.0. The molecule has 0 radical (unpaired) electrons. The van der Waals surface area contributed by atoms with Gasteiger partial charge in [0.15, 0.2) is 5.11 Å². The normalized spacial score (nSPS) is 11.2. The Bertz CT molecular complexity index is 732. The van der Waals surface area contributed by atoms with E-state index in [4.69, 9.17) is 12.2 Å². The van der Waals surface area contributed by atoms with Crippen molar-refractivity contribution in [2.75, 3.05) is 5.32 Å². The third kappa shape index (κ3) is 4.05. The number of anilines is 1. The van der Waals surface area contributed by atoms with E-state index in [0.29, 0.717) is 0 Å². The number of hydrazone groups is 1. The van der Waals surface area contributed by atoms with E-state index < -0.39 is 17.5 Å². The standard InChI is InChI=1S/C15H12F3N3S/c1-9(11-7-6-10(16)8-13(11)18)20-21-15(22)19-14-5-3-2-4-12(14)17/h2-8H,1H3,(H2,19,21,22)/b20-9+. The number of nitrogens with zero attached hydrogens (tertiary/aromatic N) is 1. The van der Waals surface area contributed by atoms with Crippen molar-refractivity contribution in [3.05, 3.63) is 65.5 Å². The molecule has 22 heavy (non-hydrogen) atoms. The highest BCUT2D eigenvalue weighted by molar-refractivity contribution is 7.80. The van der Waals surface area contributed by atoms with Crippen LogP contribution >= 0.6 is 12.2 Å². The maximum absolute atomic E-state index is 13.6. The molecule has 0 heterocycles. The van der Waals surface area contributed by atoms with Gasteiger partial charge in [0.25, 0.3) is 0 Å². The summed E-state index contributed by atoms with van der Waals surface area (Å²) in [4.78, 5) is 0. The third-order valence-electron chi connectivity index (χ3n) is 2.77. The van der Waals surface area contributed by atoms with E-state index in [-0.39, 0.29) is 22.1 Å². The van der Waals surface area contributed by atoms with Gasteiger partial charge in [0, 0.05) is 11.6 Å². The smallest absolute Gasteiger partial charge is 0.191 e. The number of nitrogens with one attached hydrogen (secondary N) is 2. The van der Waals surface area contributed by atoms with Crippen molar-refractivity contribution in [3.8, 4) is 0 Å². The van der Waals surface area contributed by atoms with Crippen LogP contribution in [0.1, 0.15) is 12.5 Å². The van der Waals surface area contributed by atoms with Gasteiger partial charge in [0.2, 0.25) is 0 Å². The van der Waals surface area contributed by atoms with Crippen LogP contribution in [-0.4, -0.2) is 10.8 Å². The molecule has 0 aliphatic heterocycles. The molecule has 0 aliphatic rings. The first-order chi connectivity index (χ1) is 10.5. The minimum Gasteiger partial charge on any atom is -0.329 e. The summed E-state index contributed by atoms with van der Waals surface area (Å²) in [6.45, 7) is 1.54. The van der Waals surface area contributed by atoms with Crippen molar-refractivity contribution in [2.24, 2.45) is 5.10 Å². The molecule has 2 N–H and O–H groups in total. The summed E-state index contributed by atoms with van der Waals surface area (Å²) in [5.74, 6) is -1.85. The number of halogens is 3. The van der Waals surface area contributed by atoms with Gasteiger partial charge in [0.05, 0.1) is 11.4 Å². The molecule has 0 fully saturated rings. The minimum atomic E-state index is -0.726. The van der Waals surface area contributed by atoms with E-state index in [2.05, 4.69) is 15.8 Å². The minimum absolute atomic E-state index is 0.0481. The molecule has 3 nitrogen and oxygen atoms in total. The Morgan fingerprint density at radius 1 is 1.05 bits per heavy atom. The van der Waals surface area contributed by atoms with Crippen LogP contribution in [-0.2, 0) is 0 Å². The maximum atomic E-state index is 13.6. The largest absolute Gasteiger partial charge is 0.329 e. The summed E-state index contributed by atoms with van der Waals surface area (Å²) in [6.07, 6.45) is 0. The summed E-state index contributed by atoms with van der Waals surface area (Å²) in [7, 11) is 0. The van der Waals surface area contributed by atoms with E-state index in [9.17, 15) is 13.2 Å². The van der Waals surface area contributed by atoms with Gasteiger partial charge in [-0.2, -0.15) is 5.10 Å². The Morgan fingerprint density at radius 3 is 2.45 bits per heavy atom. The van der Waals surface area contributed by atoms with Gasteiger partial charge in [0.1, 0.15) is 17.5 Å². The van der Waals surface area contributed by atoms with Crippen molar-refractivity contribution in [1.82, 2.24) is 5.43 Å². The van der Waals surface area contributed by atoms with Crippen LogP contribution in [0.5, 0.6) is 0 Å². The van der Waals surface area contributed by atoms with E-state index in [0.717, 1.165) is 12.1 Å². The van der Waals surface area contributed by atoms with Crippen LogP contribution in [0.3, 0.4) is 0 Å². The molecule has 0 amide bonds. The zero-order chi connectivity index (χ0) is 16.1. The fourth-order valence-electron chi connectivity index (χ4n) is 1.69. The lowest BCUT2D eigenvalue weighted by atomic mass is 10.1. The highest BCUT2D eigenvalue weighted by atomic mass is 32.1. The average molecular weight is 323 g/mol. The van der Waals surface area contributed by atoms with Crippen molar-refractivity contribution in [2.45, 2.75) is 6.92 Å². The Labute approximate surface area is 130 Å². The summed E-state index contributed by atoms with van der Waals surface area (Å²) in [6, 6.07) is 9.18. The molecular weight excluding hydrogens is 311 g/mol. The fraction of sp³-hybridized carbons (Fsp3) is 0.0667. The number of thiocarbonyl (C=S) groups is 1. The molecule has 0 saturated heterocycles. The summed E-state index contributed by atoms with van der Waals surface area (Å²) in [5.41, 5.74) is 3.09. The average Bonchev–Trinajstić information content (AvgIpc) is 2.47. The van der Waals surface area contributed by atoms with Crippen LogP contribution in [0.15, 0.2) is 47.6 Å². The molecule has 0 atom stereocenters. The van der Waals surface area contributed by atoms with Crippen molar-refractivity contribution in [1.29, 1.82) is 0 Å². The lowest BCUT2D eigenvalue weighted by Crippen LogP contribution is -2.25. The van der Waals surface area contributed by atoms with Crippen molar-refractivity contribution >= 4 is 28.7 Å². The Hall–Kier alpha value is -2.41. The van der Waals surface area contributed by atoms with Gasteiger partial charge < -0.3 is 5.32 Å². The second-order valence-corrected chi connectivity index (χ2v) is 4.78. The number of para-hydroxylation sites is 1. The van der Waals surface area contributed by atoms with E-state index in [1.807, 2.05) is 0 Å². The zero-order valence-electron chi connectivity index (χ0n) is 11.5. The van der Waals surface area contributed by atoms with Gasteiger partial charge >= 0.3 is 0 Å². The molecule has 0 spiro atoms. The molecular formula is C15H12F3N3S. The Kier molecular flexibility index (Phi) is 5.11. The zero-order valence-corrected chi connectivity index (χ0v) is 12.3. The second-order valence-electron chi connectivity index (χ2n) is 4.37. The van der Waals surface area contributed by atoms with Crippen LogP contribution < -0.4 is 10.7 Å². The molecule has 114 valence electrons. The van der Waals surface area contributed by atoms with E-state index in [1.54, 1.807) is 12.1 Å². The van der Waals surface area contributed by atoms with Gasteiger partial charge in [-0.25, -0.2) is 13.2 Å². The highest BCUT2D eigenvalue weighted by Crippen LogP contribution is 2.12. The number of benzene rings is 2. The third-order valence-corrected chi connectivity index (χ3v) is 2.96. The van der Waals surface area contributed by atoms with Crippen LogP contribution in [0.4, 0.5) is 18.9 Å². The maximum Gasteiger partial charge on any atom is 0.191 e. The SMILES string of the molecule is C/C(=N\NC(=S)Nc1ccccc1F)c1ccc(F)cc1F. The van der Waals surface area contributed by atoms with Crippen LogP contribution in [0, 0.1) is 17.5 Å². The molecule has 0 aliphatic carbocycles. The van der Waals surface area contributed by atoms with E-state index >= 15 is 0 Å². The molecule has 0 saturated carbocycles. The van der Waals surface area contributed by atoms with Crippen molar-refractivity contribution < 1.29 is 13.2 Å².